The highest BCUT2D eigenvalue weighted by Gasteiger charge is 2.30. The first-order valence-corrected chi connectivity index (χ1v) is 9.79. The molecule has 0 saturated carbocycles. The van der Waals surface area contributed by atoms with E-state index in [-0.39, 0.29) is 23.6 Å². The number of benzene rings is 1. The molecule has 0 heterocycles. The second-order valence-corrected chi connectivity index (χ2v) is 8.64. The van der Waals surface area contributed by atoms with Crippen LogP contribution in [0, 0.1) is 5.92 Å². The number of carbonyl (C=O) groups excluding carboxylic acids is 1. The third kappa shape index (κ3) is 5.55. The Morgan fingerprint density at radius 1 is 1.09 bits per heavy atom. The Hall–Kier alpha value is -0.980. The summed E-state index contributed by atoms with van der Waals surface area (Å²) in [7, 11) is -3.70. The SMILES string of the molecule is CC(C)[C@@H](C)NC(=O)[C@@H](C)N(c1cc(Cl)cc(Cl)c1)S(C)(=O)=O. The van der Waals surface area contributed by atoms with Crippen molar-refractivity contribution >= 4 is 44.8 Å². The fourth-order valence-electron chi connectivity index (χ4n) is 1.99. The van der Waals surface area contributed by atoms with Gasteiger partial charge in [-0.15, -0.1) is 0 Å². The number of hydrogen-bond donors (Lipinski definition) is 1. The zero-order valence-electron chi connectivity index (χ0n) is 13.8. The predicted octanol–water partition coefficient (Wildman–Crippen LogP) is 3.31. The van der Waals surface area contributed by atoms with Crippen LogP contribution in [0.15, 0.2) is 18.2 Å². The lowest BCUT2D eigenvalue weighted by molar-refractivity contribution is -0.122. The van der Waals surface area contributed by atoms with E-state index in [0.717, 1.165) is 10.6 Å². The third-order valence-corrected chi connectivity index (χ3v) is 5.24. The van der Waals surface area contributed by atoms with Gasteiger partial charge in [-0.25, -0.2) is 8.42 Å². The smallest absolute Gasteiger partial charge is 0.243 e. The van der Waals surface area contributed by atoms with E-state index in [0.29, 0.717) is 10.0 Å². The summed E-state index contributed by atoms with van der Waals surface area (Å²) in [5.41, 5.74) is 0.254. The second kappa shape index (κ2) is 7.73. The number of hydrogen-bond acceptors (Lipinski definition) is 3. The molecule has 0 aliphatic carbocycles. The largest absolute Gasteiger partial charge is 0.352 e. The van der Waals surface area contributed by atoms with Gasteiger partial charge in [0.2, 0.25) is 15.9 Å². The molecule has 0 spiro atoms. The predicted molar refractivity (Wildman–Crippen MR) is 95.7 cm³/mol. The van der Waals surface area contributed by atoms with Crippen LogP contribution in [0.1, 0.15) is 27.7 Å². The van der Waals surface area contributed by atoms with E-state index in [1.54, 1.807) is 0 Å². The first kappa shape index (κ1) is 20.1. The summed E-state index contributed by atoms with van der Waals surface area (Å²) in [5.74, 6) is -0.147. The molecule has 0 aliphatic heterocycles. The minimum atomic E-state index is -3.70. The van der Waals surface area contributed by atoms with Gasteiger partial charge in [0, 0.05) is 16.1 Å². The van der Waals surface area contributed by atoms with E-state index >= 15 is 0 Å². The van der Waals surface area contributed by atoms with Crippen LogP contribution in [0.3, 0.4) is 0 Å². The first-order chi connectivity index (χ1) is 10.4. The van der Waals surface area contributed by atoms with Crippen molar-refractivity contribution in [3.8, 4) is 0 Å². The molecule has 0 aromatic heterocycles. The fourth-order valence-corrected chi connectivity index (χ4v) is 3.66. The lowest BCUT2D eigenvalue weighted by Crippen LogP contribution is -2.50. The minimum absolute atomic E-state index is 0.0747. The summed E-state index contributed by atoms with van der Waals surface area (Å²) >= 11 is 11.9. The standard InChI is InChI=1S/C15H22Cl2N2O3S/c1-9(2)10(3)18-15(20)11(4)19(23(5,21)22)14-7-12(16)6-13(17)8-14/h6-11H,1-5H3,(H,18,20)/t10-,11-/m1/s1. The van der Waals surface area contributed by atoms with Crippen LogP contribution in [0.2, 0.25) is 10.0 Å². The van der Waals surface area contributed by atoms with Gasteiger partial charge in [0.25, 0.3) is 0 Å². The second-order valence-electron chi connectivity index (χ2n) is 5.90. The third-order valence-electron chi connectivity index (χ3n) is 3.56. The van der Waals surface area contributed by atoms with Crippen LogP contribution >= 0.6 is 23.2 Å². The molecule has 8 heteroatoms. The van der Waals surface area contributed by atoms with Gasteiger partial charge in [-0.05, 0) is 38.0 Å². The van der Waals surface area contributed by atoms with Crippen molar-refractivity contribution in [3.63, 3.8) is 0 Å². The van der Waals surface area contributed by atoms with Gasteiger partial charge in [0.1, 0.15) is 6.04 Å². The molecule has 0 fully saturated rings. The molecule has 5 nitrogen and oxygen atoms in total. The van der Waals surface area contributed by atoms with Gasteiger partial charge >= 0.3 is 0 Å². The topological polar surface area (TPSA) is 66.5 Å². The summed E-state index contributed by atoms with van der Waals surface area (Å²) in [6, 6.07) is 3.42. The summed E-state index contributed by atoms with van der Waals surface area (Å²) in [6.07, 6.45) is 1.04. The van der Waals surface area contributed by atoms with E-state index in [1.165, 1.54) is 25.1 Å². The van der Waals surface area contributed by atoms with Crippen LogP contribution < -0.4 is 9.62 Å². The minimum Gasteiger partial charge on any atom is -0.352 e. The number of sulfonamides is 1. The molecule has 0 saturated heterocycles. The monoisotopic (exact) mass is 380 g/mol. The Kier molecular flexibility index (Phi) is 6.74. The molecule has 1 aromatic rings. The quantitative estimate of drug-likeness (QED) is 0.822. The molecular formula is C15H22Cl2N2O3S. The highest BCUT2D eigenvalue weighted by atomic mass is 35.5. The van der Waals surface area contributed by atoms with Gasteiger partial charge < -0.3 is 5.32 Å². The van der Waals surface area contributed by atoms with E-state index in [9.17, 15) is 13.2 Å². The number of nitrogens with zero attached hydrogens (tertiary/aromatic N) is 1. The number of halogens is 2. The van der Waals surface area contributed by atoms with Crippen LogP contribution in [-0.4, -0.2) is 32.7 Å². The number of anilines is 1. The van der Waals surface area contributed by atoms with Crippen molar-refractivity contribution < 1.29 is 13.2 Å². The van der Waals surface area contributed by atoms with Crippen molar-refractivity contribution in [1.29, 1.82) is 0 Å². The average Bonchev–Trinajstić information content (AvgIpc) is 2.35. The number of carbonyl (C=O) groups is 1. The van der Waals surface area contributed by atoms with E-state index in [1.807, 2.05) is 20.8 Å². The number of rotatable bonds is 6. The van der Waals surface area contributed by atoms with E-state index in [2.05, 4.69) is 5.32 Å². The van der Waals surface area contributed by atoms with Crippen molar-refractivity contribution in [2.75, 3.05) is 10.6 Å². The van der Waals surface area contributed by atoms with Crippen LogP contribution in [-0.2, 0) is 14.8 Å². The molecule has 2 atom stereocenters. The van der Waals surface area contributed by atoms with Gasteiger partial charge in [0.15, 0.2) is 0 Å². The zero-order valence-corrected chi connectivity index (χ0v) is 16.1. The maximum Gasteiger partial charge on any atom is 0.243 e. The summed E-state index contributed by atoms with van der Waals surface area (Å²) in [6.45, 7) is 7.34. The highest BCUT2D eigenvalue weighted by molar-refractivity contribution is 7.92. The molecule has 23 heavy (non-hydrogen) atoms. The molecule has 130 valence electrons. The van der Waals surface area contributed by atoms with Crippen molar-refractivity contribution in [2.24, 2.45) is 5.92 Å². The molecule has 1 aromatic carbocycles. The summed E-state index contributed by atoms with van der Waals surface area (Å²) in [5, 5.41) is 3.41. The van der Waals surface area contributed by atoms with E-state index < -0.39 is 16.1 Å². The molecule has 1 amide bonds. The van der Waals surface area contributed by atoms with Crippen molar-refractivity contribution in [3.05, 3.63) is 28.2 Å². The Labute approximate surface area is 148 Å². The average molecular weight is 381 g/mol. The molecule has 0 aliphatic rings. The first-order valence-electron chi connectivity index (χ1n) is 7.19. The number of amides is 1. The van der Waals surface area contributed by atoms with Crippen molar-refractivity contribution in [2.45, 2.75) is 39.8 Å². The fraction of sp³-hybridized carbons (Fsp3) is 0.533. The molecule has 0 radical (unpaired) electrons. The lowest BCUT2D eigenvalue weighted by atomic mass is 10.1. The molecule has 1 rings (SSSR count). The Morgan fingerprint density at radius 3 is 1.96 bits per heavy atom. The molecule has 1 N–H and O–H groups in total. The number of nitrogens with one attached hydrogen (secondary N) is 1. The summed E-state index contributed by atoms with van der Waals surface area (Å²) < 4.78 is 25.4. The van der Waals surface area contributed by atoms with Crippen LogP contribution in [0.25, 0.3) is 0 Å². The molecule has 0 bridgehead atoms. The zero-order chi connectivity index (χ0) is 17.9. The van der Waals surface area contributed by atoms with Crippen LogP contribution in [0.5, 0.6) is 0 Å². The van der Waals surface area contributed by atoms with Gasteiger partial charge in [-0.1, -0.05) is 37.0 Å². The Morgan fingerprint density at radius 2 is 1.57 bits per heavy atom. The van der Waals surface area contributed by atoms with Gasteiger partial charge in [0.05, 0.1) is 11.9 Å². The van der Waals surface area contributed by atoms with Gasteiger partial charge in [-0.3, -0.25) is 9.10 Å². The normalized spacial score (nSPS) is 14.4. The van der Waals surface area contributed by atoms with Crippen molar-refractivity contribution in [1.82, 2.24) is 5.32 Å². The Bertz CT molecular complexity index is 657. The van der Waals surface area contributed by atoms with E-state index in [4.69, 9.17) is 23.2 Å². The maximum atomic E-state index is 12.4. The maximum absolute atomic E-state index is 12.4. The molecule has 0 unspecified atom stereocenters. The lowest BCUT2D eigenvalue weighted by Gasteiger charge is -2.30. The summed E-state index contributed by atoms with van der Waals surface area (Å²) in [4.78, 5) is 12.4. The highest BCUT2D eigenvalue weighted by Crippen LogP contribution is 2.28. The van der Waals surface area contributed by atoms with Crippen LogP contribution in [0.4, 0.5) is 5.69 Å². The molecular weight excluding hydrogens is 359 g/mol. The Balaban J connectivity index is 3.20. The van der Waals surface area contributed by atoms with Gasteiger partial charge in [-0.2, -0.15) is 0 Å².